The first-order valence-corrected chi connectivity index (χ1v) is 12.2. The van der Waals surface area contributed by atoms with E-state index in [0.29, 0.717) is 33.8 Å². The molecule has 4 aromatic rings. The number of pyridine rings is 1. The summed E-state index contributed by atoms with van der Waals surface area (Å²) in [6, 6.07) is 11.1. The third kappa shape index (κ3) is 5.70. The van der Waals surface area contributed by atoms with E-state index in [-0.39, 0.29) is 36.9 Å². The molecular weight excluding hydrogens is 522 g/mol. The molecule has 0 atom stereocenters. The molecule has 0 fully saturated rings. The van der Waals surface area contributed by atoms with Crippen LogP contribution in [0.15, 0.2) is 72.0 Å². The van der Waals surface area contributed by atoms with Gasteiger partial charge in [0.2, 0.25) is 5.91 Å². The summed E-state index contributed by atoms with van der Waals surface area (Å²) in [5, 5.41) is 8.05. The summed E-state index contributed by atoms with van der Waals surface area (Å²) in [7, 11) is 0. The van der Waals surface area contributed by atoms with E-state index in [1.165, 1.54) is 35.3 Å². The van der Waals surface area contributed by atoms with Crippen LogP contribution in [-0.2, 0) is 16.1 Å². The highest BCUT2D eigenvalue weighted by Gasteiger charge is 2.25. The third-order valence-corrected chi connectivity index (χ3v) is 6.14. The van der Waals surface area contributed by atoms with E-state index < -0.39 is 23.1 Å². The van der Waals surface area contributed by atoms with Crippen molar-refractivity contribution in [1.82, 2.24) is 19.9 Å². The zero-order valence-corrected chi connectivity index (χ0v) is 20.8. The van der Waals surface area contributed by atoms with Crippen molar-refractivity contribution in [3.05, 3.63) is 112 Å². The zero-order valence-electron chi connectivity index (χ0n) is 20.8. The molecule has 12 heteroatoms. The van der Waals surface area contributed by atoms with Gasteiger partial charge < -0.3 is 25.5 Å². The average molecular weight is 545 g/mol. The van der Waals surface area contributed by atoms with Gasteiger partial charge in [0, 0.05) is 36.1 Å². The fraction of sp³-hybridized carbons (Fsp3) is 0.107. The highest BCUT2D eigenvalue weighted by atomic mass is 19.2. The van der Waals surface area contributed by atoms with E-state index in [9.17, 15) is 28.0 Å². The highest BCUT2D eigenvalue weighted by Crippen LogP contribution is 2.34. The van der Waals surface area contributed by atoms with Gasteiger partial charge in [-0.05, 0) is 54.1 Å². The highest BCUT2D eigenvalue weighted by molar-refractivity contribution is 6.35. The zero-order chi connectivity index (χ0) is 28.2. The van der Waals surface area contributed by atoms with Crippen molar-refractivity contribution in [3.8, 4) is 0 Å². The lowest BCUT2D eigenvalue weighted by Crippen LogP contribution is -2.34. The minimum absolute atomic E-state index is 0.0435. The first-order chi connectivity index (χ1) is 19.3. The van der Waals surface area contributed by atoms with Crippen LogP contribution in [0.3, 0.4) is 0 Å². The predicted molar refractivity (Wildman–Crippen MR) is 143 cm³/mol. The van der Waals surface area contributed by atoms with E-state index in [1.54, 1.807) is 30.5 Å². The fourth-order valence-electron chi connectivity index (χ4n) is 4.19. The monoisotopic (exact) mass is 544 g/mol. The van der Waals surface area contributed by atoms with Crippen LogP contribution < -0.4 is 21.5 Å². The van der Waals surface area contributed by atoms with E-state index in [0.717, 1.165) is 12.1 Å². The molecule has 2 aromatic heterocycles. The van der Waals surface area contributed by atoms with E-state index in [2.05, 4.69) is 25.9 Å². The van der Waals surface area contributed by atoms with Gasteiger partial charge in [-0.2, -0.15) is 0 Å². The Labute approximate surface area is 225 Å². The lowest BCUT2D eigenvalue weighted by molar-refractivity contribution is -0.116. The van der Waals surface area contributed by atoms with Gasteiger partial charge in [-0.1, -0.05) is 6.07 Å². The molecule has 3 heterocycles. The molecule has 0 aliphatic carbocycles. The van der Waals surface area contributed by atoms with E-state index >= 15 is 0 Å². The number of fused-ring (bicyclic) bond motifs is 1. The van der Waals surface area contributed by atoms with Gasteiger partial charge in [-0.3, -0.25) is 19.2 Å². The first-order valence-electron chi connectivity index (χ1n) is 12.2. The number of aromatic nitrogens is 3. The summed E-state index contributed by atoms with van der Waals surface area (Å²) in [6.07, 6.45) is 6.09. The maximum atomic E-state index is 13.5. The van der Waals surface area contributed by atoms with Gasteiger partial charge >= 0.3 is 0 Å². The molecule has 5 rings (SSSR count). The molecule has 0 saturated heterocycles. The van der Waals surface area contributed by atoms with Gasteiger partial charge in [0.05, 0.1) is 30.3 Å². The summed E-state index contributed by atoms with van der Waals surface area (Å²) in [5.74, 6) is -3.37. The third-order valence-electron chi connectivity index (χ3n) is 6.14. The molecule has 0 bridgehead atoms. The SMILES string of the molecule is O=C(CCNC(=O)c1cccn(Cc2ccc(F)c(F)c2)c1=O)Nc1ccc2c(c1)C(=Cc1cnc[nH]1)C(=O)N2. The van der Waals surface area contributed by atoms with Gasteiger partial charge in [-0.15, -0.1) is 0 Å². The Morgan fingerprint density at radius 3 is 2.67 bits per heavy atom. The van der Waals surface area contributed by atoms with Crippen LogP contribution in [0.1, 0.15) is 33.6 Å². The number of aromatic amines is 1. The lowest BCUT2D eigenvalue weighted by atomic mass is 10.1. The molecule has 202 valence electrons. The second-order valence-electron chi connectivity index (χ2n) is 8.94. The van der Waals surface area contributed by atoms with Crippen molar-refractivity contribution in [3.63, 3.8) is 0 Å². The number of anilines is 2. The van der Waals surface area contributed by atoms with Gasteiger partial charge in [-0.25, -0.2) is 13.8 Å². The molecular formula is C28H22F2N6O4. The molecule has 0 saturated carbocycles. The number of rotatable bonds is 8. The van der Waals surface area contributed by atoms with Gasteiger partial charge in [0.15, 0.2) is 11.6 Å². The number of hydrogen-bond acceptors (Lipinski definition) is 5. The molecule has 10 nitrogen and oxygen atoms in total. The predicted octanol–water partition coefficient (Wildman–Crippen LogP) is 3.15. The van der Waals surface area contributed by atoms with Crippen LogP contribution in [0, 0.1) is 11.6 Å². The number of amides is 3. The van der Waals surface area contributed by atoms with Gasteiger partial charge in [0.25, 0.3) is 17.4 Å². The van der Waals surface area contributed by atoms with E-state index in [4.69, 9.17) is 0 Å². The van der Waals surface area contributed by atoms with Crippen LogP contribution >= 0.6 is 0 Å². The molecule has 0 spiro atoms. The number of H-pyrrole nitrogens is 1. The van der Waals surface area contributed by atoms with E-state index in [1.807, 2.05) is 0 Å². The average Bonchev–Trinajstić information content (AvgIpc) is 3.55. The van der Waals surface area contributed by atoms with Crippen molar-refractivity contribution in [2.45, 2.75) is 13.0 Å². The van der Waals surface area contributed by atoms with Crippen LogP contribution in [0.25, 0.3) is 11.6 Å². The molecule has 0 radical (unpaired) electrons. The number of benzene rings is 2. The van der Waals surface area contributed by atoms with Crippen molar-refractivity contribution in [2.24, 2.45) is 0 Å². The van der Waals surface area contributed by atoms with Crippen LogP contribution in [0.4, 0.5) is 20.2 Å². The Kier molecular flexibility index (Phi) is 7.31. The largest absolute Gasteiger partial charge is 0.351 e. The summed E-state index contributed by atoms with van der Waals surface area (Å²) < 4.78 is 27.9. The minimum Gasteiger partial charge on any atom is -0.351 e. The molecule has 0 unspecified atom stereocenters. The summed E-state index contributed by atoms with van der Waals surface area (Å²) in [5.41, 5.74) is 2.34. The standard InChI is InChI=1S/C28H22F2N6O4/c29-22-5-3-16(10-23(22)30)14-36-9-1-2-19(28(36)40)26(38)32-8-7-25(37)34-17-4-6-24-20(11-17)21(27(39)35-24)12-18-13-31-15-33-18/h1-6,9-13,15H,7-8,14H2,(H,31,33)(H,32,38)(H,34,37)(H,35,39). The number of imidazole rings is 1. The number of hydrogen-bond donors (Lipinski definition) is 4. The number of nitrogens with one attached hydrogen (secondary N) is 4. The number of nitrogens with zero attached hydrogens (tertiary/aromatic N) is 2. The Morgan fingerprint density at radius 1 is 1.05 bits per heavy atom. The Morgan fingerprint density at radius 2 is 1.90 bits per heavy atom. The normalized spacial score (nSPS) is 13.2. The second kappa shape index (κ2) is 11.2. The molecule has 4 N–H and O–H groups in total. The fourth-order valence-corrected chi connectivity index (χ4v) is 4.19. The topological polar surface area (TPSA) is 138 Å². The van der Waals surface area contributed by atoms with Crippen molar-refractivity contribution in [2.75, 3.05) is 17.2 Å². The summed E-state index contributed by atoms with van der Waals surface area (Å²) >= 11 is 0. The van der Waals surface area contributed by atoms with Crippen molar-refractivity contribution in [1.29, 1.82) is 0 Å². The minimum atomic E-state index is -1.03. The number of carbonyl (C=O) groups excluding carboxylic acids is 3. The van der Waals surface area contributed by atoms with Crippen LogP contribution in [-0.4, -0.2) is 38.8 Å². The number of halogens is 2. The quantitative estimate of drug-likeness (QED) is 0.253. The molecule has 1 aliphatic rings. The Hall–Kier alpha value is -5.39. The van der Waals surface area contributed by atoms with Crippen molar-refractivity contribution >= 4 is 40.7 Å². The second-order valence-corrected chi connectivity index (χ2v) is 8.94. The Bertz CT molecular complexity index is 1710. The van der Waals surface area contributed by atoms with Crippen LogP contribution in [0.5, 0.6) is 0 Å². The van der Waals surface area contributed by atoms with Crippen molar-refractivity contribution < 1.29 is 23.2 Å². The first kappa shape index (κ1) is 26.2. The molecule has 1 aliphatic heterocycles. The molecule has 40 heavy (non-hydrogen) atoms. The van der Waals surface area contributed by atoms with Crippen LogP contribution in [0.2, 0.25) is 0 Å². The molecule has 2 aromatic carbocycles. The summed E-state index contributed by atoms with van der Waals surface area (Å²) in [6.45, 7) is -0.0988. The summed E-state index contributed by atoms with van der Waals surface area (Å²) in [4.78, 5) is 57.1. The Balaban J connectivity index is 1.18. The molecule has 3 amide bonds. The lowest BCUT2D eigenvalue weighted by Gasteiger charge is -2.10. The number of carbonyl (C=O) groups is 3. The maximum absolute atomic E-state index is 13.5. The van der Waals surface area contributed by atoms with Gasteiger partial charge in [0.1, 0.15) is 5.56 Å². The smallest absolute Gasteiger partial charge is 0.263 e. The maximum Gasteiger partial charge on any atom is 0.263 e.